The van der Waals surface area contributed by atoms with Crippen LogP contribution < -0.4 is 10.1 Å². The minimum absolute atomic E-state index is 0.0635. The summed E-state index contributed by atoms with van der Waals surface area (Å²) in [5.74, 6) is 2.40. The molecule has 124 valence electrons. The number of aromatic nitrogens is 2. The monoisotopic (exact) mass is 317 g/mol. The van der Waals surface area contributed by atoms with E-state index in [0.29, 0.717) is 43.4 Å². The topological polar surface area (TPSA) is 77.2 Å². The smallest absolute Gasteiger partial charge is 0.226 e. The summed E-state index contributed by atoms with van der Waals surface area (Å²) in [5.41, 5.74) is 0.871. The number of carbonyl (C=O) groups is 1. The van der Waals surface area contributed by atoms with Crippen LogP contribution in [0.2, 0.25) is 0 Å². The summed E-state index contributed by atoms with van der Waals surface area (Å²) in [6.45, 7) is 4.85. The summed E-state index contributed by atoms with van der Waals surface area (Å²) in [7, 11) is 1.62. The van der Waals surface area contributed by atoms with Crippen molar-refractivity contribution >= 4 is 5.91 Å². The molecular weight excluding hydrogens is 294 g/mol. The molecule has 0 bridgehead atoms. The van der Waals surface area contributed by atoms with Crippen LogP contribution >= 0.6 is 0 Å². The largest absolute Gasteiger partial charge is 0.497 e. The Bertz CT molecular complexity index is 620. The van der Waals surface area contributed by atoms with Crippen molar-refractivity contribution in [2.24, 2.45) is 5.92 Å². The molecule has 1 N–H and O–H groups in total. The molecule has 0 saturated heterocycles. The highest BCUT2D eigenvalue weighted by Crippen LogP contribution is 2.20. The average molecular weight is 317 g/mol. The third kappa shape index (κ3) is 5.39. The lowest BCUT2D eigenvalue weighted by atomic mass is 10.2. The third-order valence-corrected chi connectivity index (χ3v) is 3.32. The van der Waals surface area contributed by atoms with Crippen LogP contribution in [0.15, 0.2) is 28.8 Å². The van der Waals surface area contributed by atoms with Gasteiger partial charge in [0.1, 0.15) is 5.75 Å². The normalized spacial score (nSPS) is 10.8. The quantitative estimate of drug-likeness (QED) is 0.810. The average Bonchev–Trinajstić information content (AvgIpc) is 3.02. The predicted octanol–water partition coefficient (Wildman–Crippen LogP) is 2.84. The molecule has 0 spiro atoms. The van der Waals surface area contributed by atoms with Gasteiger partial charge in [-0.15, -0.1) is 0 Å². The molecule has 2 aromatic rings. The Morgan fingerprint density at radius 3 is 2.70 bits per heavy atom. The number of nitrogens with one attached hydrogen (secondary N) is 1. The number of ether oxygens (including phenoxy) is 1. The van der Waals surface area contributed by atoms with Gasteiger partial charge in [0.15, 0.2) is 0 Å². The van der Waals surface area contributed by atoms with Gasteiger partial charge in [-0.3, -0.25) is 4.79 Å². The van der Waals surface area contributed by atoms with Gasteiger partial charge in [0.2, 0.25) is 17.6 Å². The van der Waals surface area contributed by atoms with Gasteiger partial charge in [-0.25, -0.2) is 0 Å². The Morgan fingerprint density at radius 2 is 2.04 bits per heavy atom. The van der Waals surface area contributed by atoms with Crippen molar-refractivity contribution in [1.82, 2.24) is 15.5 Å². The first-order chi connectivity index (χ1) is 11.1. The molecule has 1 amide bonds. The van der Waals surface area contributed by atoms with Gasteiger partial charge in [0, 0.05) is 24.9 Å². The van der Waals surface area contributed by atoms with E-state index in [2.05, 4.69) is 29.3 Å². The Kier molecular flexibility index (Phi) is 6.14. The maximum absolute atomic E-state index is 11.6. The lowest BCUT2D eigenvalue weighted by molar-refractivity contribution is -0.121. The van der Waals surface area contributed by atoms with E-state index in [9.17, 15) is 4.79 Å². The lowest BCUT2D eigenvalue weighted by Gasteiger charge is -2.06. The first-order valence-electron chi connectivity index (χ1n) is 7.82. The van der Waals surface area contributed by atoms with Gasteiger partial charge in [0.25, 0.3) is 0 Å². The van der Waals surface area contributed by atoms with E-state index in [0.717, 1.165) is 11.3 Å². The summed E-state index contributed by atoms with van der Waals surface area (Å²) in [5, 5.41) is 6.86. The number of rotatable bonds is 8. The van der Waals surface area contributed by atoms with E-state index in [4.69, 9.17) is 9.26 Å². The van der Waals surface area contributed by atoms with Gasteiger partial charge in [-0.1, -0.05) is 19.0 Å². The molecular formula is C17H23N3O3. The van der Waals surface area contributed by atoms with Crippen LogP contribution in [-0.4, -0.2) is 29.7 Å². The minimum Gasteiger partial charge on any atom is -0.497 e. The molecule has 0 saturated carbocycles. The fourth-order valence-electron chi connectivity index (χ4n) is 2.02. The van der Waals surface area contributed by atoms with E-state index in [1.807, 2.05) is 24.3 Å². The van der Waals surface area contributed by atoms with Gasteiger partial charge >= 0.3 is 0 Å². The zero-order valence-corrected chi connectivity index (χ0v) is 13.8. The molecule has 6 nitrogen and oxygen atoms in total. The zero-order chi connectivity index (χ0) is 16.7. The molecule has 0 atom stereocenters. The molecule has 2 rings (SSSR count). The standard InChI is InChI=1S/C17H23N3O3/c1-12(2)11-18-15(21)5-4-6-16-19-17(20-23-16)13-7-9-14(22-3)10-8-13/h7-10,12H,4-6,11H2,1-3H3,(H,18,21). The Hall–Kier alpha value is -2.37. The Morgan fingerprint density at radius 1 is 1.30 bits per heavy atom. The van der Waals surface area contributed by atoms with Crippen LogP contribution in [0.5, 0.6) is 5.75 Å². The first-order valence-corrected chi connectivity index (χ1v) is 7.82. The second kappa shape index (κ2) is 8.31. The molecule has 0 radical (unpaired) electrons. The van der Waals surface area contributed by atoms with Crippen LogP contribution in [0.25, 0.3) is 11.4 Å². The maximum Gasteiger partial charge on any atom is 0.226 e. The van der Waals surface area contributed by atoms with Gasteiger partial charge in [-0.05, 0) is 36.6 Å². The highest BCUT2D eigenvalue weighted by molar-refractivity contribution is 5.75. The van der Waals surface area contributed by atoms with Crippen LogP contribution in [0.3, 0.4) is 0 Å². The second-order valence-electron chi connectivity index (χ2n) is 5.79. The maximum atomic E-state index is 11.6. The summed E-state index contributed by atoms with van der Waals surface area (Å²) >= 11 is 0. The number of aryl methyl sites for hydroxylation is 1. The van der Waals surface area contributed by atoms with E-state index < -0.39 is 0 Å². The summed E-state index contributed by atoms with van der Waals surface area (Å²) in [4.78, 5) is 16.0. The molecule has 0 unspecified atom stereocenters. The van der Waals surface area contributed by atoms with E-state index >= 15 is 0 Å². The van der Waals surface area contributed by atoms with Crippen molar-refractivity contribution in [2.45, 2.75) is 33.1 Å². The predicted molar refractivity (Wildman–Crippen MR) is 87.1 cm³/mol. The number of hydrogen-bond donors (Lipinski definition) is 1. The van der Waals surface area contributed by atoms with Crippen molar-refractivity contribution in [2.75, 3.05) is 13.7 Å². The van der Waals surface area contributed by atoms with Crippen LogP contribution in [0, 0.1) is 5.92 Å². The number of nitrogens with zero attached hydrogens (tertiary/aromatic N) is 2. The SMILES string of the molecule is COc1ccc(-c2noc(CCCC(=O)NCC(C)C)n2)cc1. The zero-order valence-electron chi connectivity index (χ0n) is 13.8. The van der Waals surface area contributed by atoms with Crippen molar-refractivity contribution in [3.63, 3.8) is 0 Å². The molecule has 0 aliphatic rings. The second-order valence-corrected chi connectivity index (χ2v) is 5.79. The van der Waals surface area contributed by atoms with E-state index in [1.165, 1.54) is 0 Å². The van der Waals surface area contributed by atoms with Gasteiger partial charge < -0.3 is 14.6 Å². The fourth-order valence-corrected chi connectivity index (χ4v) is 2.02. The number of hydrogen-bond acceptors (Lipinski definition) is 5. The molecule has 1 aromatic carbocycles. The first kappa shape index (κ1) is 17.0. The van der Waals surface area contributed by atoms with Gasteiger partial charge in [0.05, 0.1) is 7.11 Å². The Balaban J connectivity index is 1.81. The lowest BCUT2D eigenvalue weighted by Crippen LogP contribution is -2.27. The number of methoxy groups -OCH3 is 1. The van der Waals surface area contributed by atoms with Crippen LogP contribution in [0.1, 0.15) is 32.6 Å². The molecule has 0 fully saturated rings. The van der Waals surface area contributed by atoms with Crippen molar-refractivity contribution in [3.05, 3.63) is 30.2 Å². The molecule has 0 aliphatic carbocycles. The van der Waals surface area contributed by atoms with Crippen LogP contribution in [-0.2, 0) is 11.2 Å². The molecule has 0 aliphatic heterocycles. The summed E-state index contributed by atoms with van der Waals surface area (Å²) in [6.07, 6.45) is 1.75. The highest BCUT2D eigenvalue weighted by atomic mass is 16.5. The third-order valence-electron chi connectivity index (χ3n) is 3.32. The minimum atomic E-state index is 0.0635. The summed E-state index contributed by atoms with van der Waals surface area (Å²) < 4.78 is 10.3. The van der Waals surface area contributed by atoms with Crippen molar-refractivity contribution in [3.8, 4) is 17.1 Å². The van der Waals surface area contributed by atoms with Gasteiger partial charge in [-0.2, -0.15) is 4.98 Å². The molecule has 23 heavy (non-hydrogen) atoms. The summed E-state index contributed by atoms with van der Waals surface area (Å²) in [6, 6.07) is 7.47. The van der Waals surface area contributed by atoms with Crippen molar-refractivity contribution in [1.29, 1.82) is 0 Å². The molecule has 6 heteroatoms. The van der Waals surface area contributed by atoms with Crippen LogP contribution in [0.4, 0.5) is 0 Å². The highest BCUT2D eigenvalue weighted by Gasteiger charge is 2.10. The van der Waals surface area contributed by atoms with E-state index in [1.54, 1.807) is 7.11 Å². The number of benzene rings is 1. The Labute approximate surface area is 136 Å². The molecule has 1 heterocycles. The molecule has 1 aromatic heterocycles. The number of amides is 1. The van der Waals surface area contributed by atoms with E-state index in [-0.39, 0.29) is 5.91 Å². The number of carbonyl (C=O) groups excluding carboxylic acids is 1. The van der Waals surface area contributed by atoms with Crippen molar-refractivity contribution < 1.29 is 14.1 Å². The fraction of sp³-hybridized carbons (Fsp3) is 0.471.